The molecule has 2 N–H and O–H groups in total. The number of amides is 1. The number of methoxy groups -OCH3 is 1. The van der Waals surface area contributed by atoms with Crippen LogP contribution in [0.4, 0.5) is 15.7 Å². The number of aromatic nitrogens is 3. The van der Waals surface area contributed by atoms with Crippen LogP contribution < -0.4 is 10.6 Å². The molecule has 34 heavy (non-hydrogen) atoms. The Bertz CT molecular complexity index is 1280. The summed E-state index contributed by atoms with van der Waals surface area (Å²) in [7, 11) is -2.46. The van der Waals surface area contributed by atoms with E-state index in [-0.39, 0.29) is 15.4 Å². The third kappa shape index (κ3) is 5.15. The van der Waals surface area contributed by atoms with Crippen molar-refractivity contribution in [2.75, 3.05) is 50.5 Å². The van der Waals surface area contributed by atoms with E-state index in [9.17, 15) is 13.2 Å². The number of anilines is 2. The zero-order chi connectivity index (χ0) is 24.5. The van der Waals surface area contributed by atoms with Crippen molar-refractivity contribution in [1.82, 2.24) is 24.2 Å². The van der Waals surface area contributed by atoms with Crippen LogP contribution in [0.2, 0.25) is 0 Å². The lowest BCUT2D eigenvalue weighted by Gasteiger charge is -2.35. The molecule has 184 valence electrons. The summed E-state index contributed by atoms with van der Waals surface area (Å²) in [4.78, 5) is 26.6. The third-order valence-electron chi connectivity index (χ3n) is 5.50. The van der Waals surface area contributed by atoms with Gasteiger partial charge in [0.15, 0.2) is 9.34 Å². The molecule has 0 saturated carbocycles. The average molecular weight is 526 g/mol. The van der Waals surface area contributed by atoms with E-state index in [4.69, 9.17) is 0 Å². The summed E-state index contributed by atoms with van der Waals surface area (Å²) < 4.78 is 33.6. The minimum absolute atomic E-state index is 0.124. The molecule has 4 heterocycles. The van der Waals surface area contributed by atoms with Gasteiger partial charge in [-0.2, -0.15) is 4.31 Å². The van der Waals surface area contributed by atoms with E-state index in [1.165, 1.54) is 11.4 Å². The van der Waals surface area contributed by atoms with E-state index in [0.717, 1.165) is 39.5 Å². The van der Waals surface area contributed by atoms with E-state index < -0.39 is 16.1 Å². The lowest BCUT2D eigenvalue weighted by molar-refractivity contribution is 0.184. The minimum atomic E-state index is -3.70. The number of hydrogen-bond acceptors (Lipinski definition) is 11. The molecule has 1 fully saturated rings. The molecule has 3 aromatic heterocycles. The summed E-state index contributed by atoms with van der Waals surface area (Å²) in [5.74, 6) is 0.828. The van der Waals surface area contributed by atoms with Crippen LogP contribution in [0.5, 0.6) is 0 Å². The summed E-state index contributed by atoms with van der Waals surface area (Å²) in [5, 5.41) is 8.18. The highest BCUT2D eigenvalue weighted by atomic mass is 32.2. The van der Waals surface area contributed by atoms with Crippen LogP contribution in [0.1, 0.15) is 18.2 Å². The molecule has 4 rings (SSSR count). The maximum atomic E-state index is 13.2. The molecule has 0 bridgehead atoms. The van der Waals surface area contributed by atoms with Crippen LogP contribution in [0.25, 0.3) is 10.2 Å². The molecular formula is C20H27N7O4S3. The molecule has 1 aliphatic heterocycles. The van der Waals surface area contributed by atoms with Crippen LogP contribution in [0, 0.1) is 13.8 Å². The van der Waals surface area contributed by atoms with Crippen LogP contribution in [-0.4, -0.2) is 84.5 Å². The molecule has 14 heteroatoms. The number of carbonyl (C=O) groups excluding carboxylic acids is 1. The van der Waals surface area contributed by atoms with Gasteiger partial charge in [-0.25, -0.2) is 28.2 Å². The highest BCUT2D eigenvalue weighted by Crippen LogP contribution is 2.31. The van der Waals surface area contributed by atoms with Crippen LogP contribution >= 0.6 is 22.7 Å². The summed E-state index contributed by atoms with van der Waals surface area (Å²) >= 11 is 2.56. The first kappa shape index (κ1) is 24.7. The molecule has 0 spiro atoms. The van der Waals surface area contributed by atoms with Gasteiger partial charge in [-0.1, -0.05) is 11.3 Å². The highest BCUT2D eigenvalue weighted by molar-refractivity contribution is 7.91. The Kier molecular flexibility index (Phi) is 7.33. The molecule has 1 unspecified atom stereocenters. The van der Waals surface area contributed by atoms with Crippen molar-refractivity contribution in [2.24, 2.45) is 0 Å². The number of nitrogens with zero attached hydrogens (tertiary/aromatic N) is 5. The number of aryl methyl sites for hydroxylation is 2. The second-order valence-corrected chi connectivity index (χ2v) is 12.1. The van der Waals surface area contributed by atoms with Crippen molar-refractivity contribution in [2.45, 2.75) is 31.0 Å². The maximum absolute atomic E-state index is 13.2. The first-order chi connectivity index (χ1) is 16.2. The van der Waals surface area contributed by atoms with Crippen molar-refractivity contribution < 1.29 is 17.9 Å². The van der Waals surface area contributed by atoms with Gasteiger partial charge in [0, 0.05) is 38.8 Å². The second kappa shape index (κ2) is 10.1. The molecule has 1 saturated heterocycles. The molecule has 11 nitrogen and oxygen atoms in total. The lowest BCUT2D eigenvalue weighted by atomic mass is 10.2. The van der Waals surface area contributed by atoms with E-state index in [2.05, 4.69) is 47.5 Å². The number of hydrogen-bond donors (Lipinski definition) is 2. The standard InChI is InChI=1S/C20H27N7O4S3/c1-12-10-32-16-15(12)21-11-22-17(16)23-13(2)9-26-5-7-27(8-6-26)34(29,30)18-14(3)24-19(33-18)25-20(28)31-4/h10-11,13H,5-9H2,1-4H3,(H,21,22,23)(H,24,25,28). The van der Waals surface area contributed by atoms with Gasteiger partial charge in [-0.15, -0.1) is 11.3 Å². The van der Waals surface area contributed by atoms with Crippen molar-refractivity contribution in [1.29, 1.82) is 0 Å². The number of ether oxygens (including phenoxy) is 1. The largest absolute Gasteiger partial charge is 0.453 e. The first-order valence-electron chi connectivity index (χ1n) is 10.7. The lowest BCUT2D eigenvalue weighted by Crippen LogP contribution is -2.50. The summed E-state index contributed by atoms with van der Waals surface area (Å²) in [6, 6.07) is 0.124. The third-order valence-corrected chi connectivity index (χ3v) is 10.2. The van der Waals surface area contributed by atoms with Crippen LogP contribution in [-0.2, 0) is 14.8 Å². The Labute approximate surface area is 206 Å². The van der Waals surface area contributed by atoms with Gasteiger partial charge in [0.1, 0.15) is 12.1 Å². The van der Waals surface area contributed by atoms with Gasteiger partial charge in [0.25, 0.3) is 10.0 Å². The van der Waals surface area contributed by atoms with E-state index in [0.29, 0.717) is 31.9 Å². The van der Waals surface area contributed by atoms with Gasteiger partial charge in [0.05, 0.1) is 23.0 Å². The van der Waals surface area contributed by atoms with Gasteiger partial charge in [-0.05, 0) is 31.7 Å². The number of nitrogens with one attached hydrogen (secondary N) is 2. The number of piperazine rings is 1. The van der Waals surface area contributed by atoms with Crippen LogP contribution in [0.3, 0.4) is 0 Å². The Morgan fingerprint density at radius 2 is 1.97 bits per heavy atom. The predicted molar refractivity (Wildman–Crippen MR) is 133 cm³/mol. The van der Waals surface area contributed by atoms with Gasteiger partial charge >= 0.3 is 6.09 Å². The maximum Gasteiger partial charge on any atom is 0.413 e. The van der Waals surface area contributed by atoms with Crippen molar-refractivity contribution >= 4 is 60.0 Å². The fourth-order valence-corrected chi connectivity index (χ4v) is 7.73. The van der Waals surface area contributed by atoms with Crippen LogP contribution in [0.15, 0.2) is 15.9 Å². The number of thiophene rings is 1. The SMILES string of the molecule is COC(=O)Nc1nc(C)c(S(=O)(=O)N2CCN(CC(C)Nc3ncnc4c(C)csc34)CC2)s1. The Balaban J connectivity index is 1.35. The van der Waals surface area contributed by atoms with E-state index >= 15 is 0 Å². The summed E-state index contributed by atoms with van der Waals surface area (Å²) in [6.45, 7) is 8.51. The number of rotatable bonds is 7. The minimum Gasteiger partial charge on any atom is -0.453 e. The van der Waals surface area contributed by atoms with Gasteiger partial charge in [0.2, 0.25) is 0 Å². The smallest absolute Gasteiger partial charge is 0.413 e. The topological polar surface area (TPSA) is 130 Å². The van der Waals surface area contributed by atoms with E-state index in [1.807, 2.05) is 6.92 Å². The number of carbonyl (C=O) groups is 1. The Hall–Kier alpha value is -2.39. The Morgan fingerprint density at radius 3 is 2.68 bits per heavy atom. The molecule has 0 aliphatic carbocycles. The average Bonchev–Trinajstić information content (AvgIpc) is 3.37. The quantitative estimate of drug-likeness (QED) is 0.478. The van der Waals surface area contributed by atoms with Crippen molar-refractivity contribution in [3.8, 4) is 0 Å². The molecular weight excluding hydrogens is 498 g/mol. The molecule has 0 radical (unpaired) electrons. The number of thiazole rings is 1. The zero-order valence-electron chi connectivity index (χ0n) is 19.4. The van der Waals surface area contributed by atoms with Crippen molar-refractivity contribution in [3.63, 3.8) is 0 Å². The molecule has 1 aliphatic rings. The molecule has 3 aromatic rings. The van der Waals surface area contributed by atoms with E-state index in [1.54, 1.807) is 24.6 Å². The van der Waals surface area contributed by atoms with Gasteiger partial charge in [-0.3, -0.25) is 10.2 Å². The number of fused-ring (bicyclic) bond motifs is 1. The molecule has 0 aromatic carbocycles. The Morgan fingerprint density at radius 1 is 1.24 bits per heavy atom. The first-order valence-corrected chi connectivity index (χ1v) is 13.8. The molecule has 1 atom stereocenters. The zero-order valence-corrected chi connectivity index (χ0v) is 21.8. The number of sulfonamides is 1. The fourth-order valence-electron chi connectivity index (χ4n) is 3.82. The second-order valence-electron chi connectivity index (χ2n) is 8.08. The summed E-state index contributed by atoms with van der Waals surface area (Å²) in [6.07, 6.45) is 0.889. The predicted octanol–water partition coefficient (Wildman–Crippen LogP) is 2.75. The van der Waals surface area contributed by atoms with Crippen molar-refractivity contribution in [3.05, 3.63) is 23.0 Å². The summed E-state index contributed by atoms with van der Waals surface area (Å²) in [5.41, 5.74) is 2.47. The fraction of sp³-hybridized carbons (Fsp3) is 0.500. The highest BCUT2D eigenvalue weighted by Gasteiger charge is 2.32. The molecule has 1 amide bonds. The monoisotopic (exact) mass is 525 g/mol. The van der Waals surface area contributed by atoms with Gasteiger partial charge < -0.3 is 10.1 Å². The normalized spacial score (nSPS) is 16.5.